The minimum absolute atomic E-state index is 0.529. The standard InChI is InChI=1S/C23H25ClN6/c1-28-9-2-10-29(12-11-28)21-8-6-18-23(27-21)30-19-7-3-16(24)13-15(19)14-20(30)22(26-18)25-17-4-5-17/h3,6-8,13-14,17H,2,4-5,9-12H2,1H3,(H,25,26). The largest absolute Gasteiger partial charge is 0.366 e. The summed E-state index contributed by atoms with van der Waals surface area (Å²) in [5.41, 5.74) is 3.99. The lowest BCUT2D eigenvalue weighted by atomic mass is 10.2. The Balaban J connectivity index is 1.56. The summed E-state index contributed by atoms with van der Waals surface area (Å²) in [6.45, 7) is 4.22. The normalized spacial score (nSPS) is 18.4. The van der Waals surface area contributed by atoms with E-state index in [1.807, 2.05) is 12.1 Å². The Kier molecular flexibility index (Phi) is 4.25. The van der Waals surface area contributed by atoms with Crippen molar-refractivity contribution < 1.29 is 0 Å². The van der Waals surface area contributed by atoms with E-state index in [0.717, 1.165) is 76.8 Å². The third kappa shape index (κ3) is 3.15. The van der Waals surface area contributed by atoms with Gasteiger partial charge in [0.2, 0.25) is 0 Å². The van der Waals surface area contributed by atoms with Gasteiger partial charge in [0.1, 0.15) is 11.3 Å². The number of nitrogens with one attached hydrogen (secondary N) is 1. The fourth-order valence-electron chi connectivity index (χ4n) is 4.43. The van der Waals surface area contributed by atoms with Crippen LogP contribution in [0.15, 0.2) is 36.4 Å². The fourth-order valence-corrected chi connectivity index (χ4v) is 4.61. The van der Waals surface area contributed by atoms with Gasteiger partial charge in [-0.15, -0.1) is 0 Å². The van der Waals surface area contributed by atoms with E-state index in [4.69, 9.17) is 21.6 Å². The molecule has 0 spiro atoms. The van der Waals surface area contributed by atoms with Crippen LogP contribution in [0.4, 0.5) is 11.6 Å². The van der Waals surface area contributed by atoms with Crippen molar-refractivity contribution in [3.63, 3.8) is 0 Å². The predicted molar refractivity (Wildman–Crippen MR) is 124 cm³/mol. The van der Waals surface area contributed by atoms with Crippen LogP contribution in [0.5, 0.6) is 0 Å². The molecule has 0 bridgehead atoms. The molecule has 1 aliphatic heterocycles. The number of hydrogen-bond acceptors (Lipinski definition) is 5. The Bertz CT molecular complexity index is 1260. The maximum Gasteiger partial charge on any atom is 0.166 e. The zero-order valence-corrected chi connectivity index (χ0v) is 17.9. The van der Waals surface area contributed by atoms with Gasteiger partial charge in [-0.3, -0.25) is 4.40 Å². The lowest BCUT2D eigenvalue weighted by molar-refractivity contribution is 0.360. The average Bonchev–Trinajstić information content (AvgIpc) is 3.51. The van der Waals surface area contributed by atoms with Gasteiger partial charge < -0.3 is 15.1 Å². The molecule has 30 heavy (non-hydrogen) atoms. The Labute approximate surface area is 180 Å². The number of pyridine rings is 1. The molecule has 154 valence electrons. The van der Waals surface area contributed by atoms with E-state index in [1.54, 1.807) is 0 Å². The first-order chi connectivity index (χ1) is 14.7. The quantitative estimate of drug-likeness (QED) is 0.532. The second-order valence-electron chi connectivity index (χ2n) is 8.60. The first kappa shape index (κ1) is 18.2. The number of rotatable bonds is 3. The number of nitrogens with zero attached hydrogens (tertiary/aromatic N) is 5. The molecule has 1 saturated carbocycles. The molecule has 0 amide bonds. The van der Waals surface area contributed by atoms with Crippen LogP contribution < -0.4 is 10.2 Å². The van der Waals surface area contributed by atoms with Crippen LogP contribution in [0.25, 0.3) is 27.6 Å². The van der Waals surface area contributed by atoms with Gasteiger partial charge in [-0.25, -0.2) is 9.97 Å². The van der Waals surface area contributed by atoms with Gasteiger partial charge in [0, 0.05) is 36.1 Å². The summed E-state index contributed by atoms with van der Waals surface area (Å²) in [5.74, 6) is 1.96. The third-order valence-electron chi connectivity index (χ3n) is 6.25. The molecule has 6 rings (SSSR count). The van der Waals surface area contributed by atoms with Crippen LogP contribution in [0.1, 0.15) is 19.3 Å². The van der Waals surface area contributed by atoms with Crippen LogP contribution in [-0.4, -0.2) is 58.5 Å². The molecular weight excluding hydrogens is 396 g/mol. The Morgan fingerprint density at radius 1 is 0.967 bits per heavy atom. The number of aromatic nitrogens is 3. The lowest BCUT2D eigenvalue weighted by Crippen LogP contribution is -2.29. The minimum atomic E-state index is 0.529. The summed E-state index contributed by atoms with van der Waals surface area (Å²) in [4.78, 5) is 14.9. The Morgan fingerprint density at radius 2 is 1.87 bits per heavy atom. The monoisotopic (exact) mass is 420 g/mol. The SMILES string of the molecule is CN1CCCN(c2ccc3nc(NC4CC4)c4cc5cc(Cl)ccc5n4c3n2)CC1. The summed E-state index contributed by atoms with van der Waals surface area (Å²) in [6, 6.07) is 13.0. The molecule has 0 radical (unpaired) electrons. The minimum Gasteiger partial charge on any atom is -0.366 e. The highest BCUT2D eigenvalue weighted by Crippen LogP contribution is 2.33. The van der Waals surface area contributed by atoms with Crippen LogP contribution >= 0.6 is 11.6 Å². The molecule has 1 aromatic carbocycles. The van der Waals surface area contributed by atoms with Gasteiger partial charge in [0.15, 0.2) is 11.5 Å². The van der Waals surface area contributed by atoms with Gasteiger partial charge in [-0.2, -0.15) is 0 Å². The number of fused-ring (bicyclic) bond motifs is 5. The van der Waals surface area contributed by atoms with E-state index in [2.05, 4.69) is 50.8 Å². The second kappa shape index (κ2) is 7.00. The van der Waals surface area contributed by atoms with Crippen LogP contribution in [0.2, 0.25) is 5.02 Å². The van der Waals surface area contributed by atoms with Crippen molar-refractivity contribution in [2.24, 2.45) is 0 Å². The summed E-state index contributed by atoms with van der Waals surface area (Å²) < 4.78 is 2.24. The molecule has 2 aliphatic rings. The van der Waals surface area contributed by atoms with Gasteiger partial charge in [-0.1, -0.05) is 11.6 Å². The van der Waals surface area contributed by atoms with Crippen LogP contribution in [0, 0.1) is 0 Å². The van der Waals surface area contributed by atoms with Gasteiger partial charge in [0.05, 0.1) is 11.0 Å². The summed E-state index contributed by atoms with van der Waals surface area (Å²) in [5, 5.41) is 5.46. The second-order valence-corrected chi connectivity index (χ2v) is 9.04. The molecule has 6 nitrogen and oxygen atoms in total. The van der Waals surface area contributed by atoms with Gasteiger partial charge in [-0.05, 0) is 69.3 Å². The Morgan fingerprint density at radius 3 is 2.73 bits per heavy atom. The molecule has 4 heterocycles. The van der Waals surface area contributed by atoms with Crippen LogP contribution in [0.3, 0.4) is 0 Å². The smallest absolute Gasteiger partial charge is 0.166 e. The molecule has 4 aromatic rings. The average molecular weight is 421 g/mol. The molecular formula is C23H25ClN6. The maximum absolute atomic E-state index is 6.29. The first-order valence-corrected chi connectivity index (χ1v) is 11.1. The number of likely N-dealkylation sites (N-methyl/N-ethyl adjacent to an activating group) is 1. The van der Waals surface area contributed by atoms with Gasteiger partial charge >= 0.3 is 0 Å². The number of benzene rings is 1. The van der Waals surface area contributed by atoms with Crippen molar-refractivity contribution in [2.75, 3.05) is 43.4 Å². The van der Waals surface area contributed by atoms with E-state index in [9.17, 15) is 0 Å². The van der Waals surface area contributed by atoms with Crippen molar-refractivity contribution in [1.29, 1.82) is 0 Å². The highest BCUT2D eigenvalue weighted by Gasteiger charge is 2.24. The molecule has 7 heteroatoms. The van der Waals surface area contributed by atoms with E-state index < -0.39 is 0 Å². The number of anilines is 2. The molecule has 2 fully saturated rings. The molecule has 1 saturated heterocycles. The highest BCUT2D eigenvalue weighted by molar-refractivity contribution is 6.31. The van der Waals surface area contributed by atoms with E-state index in [1.165, 1.54) is 12.8 Å². The molecule has 3 aromatic heterocycles. The summed E-state index contributed by atoms with van der Waals surface area (Å²) in [7, 11) is 2.19. The van der Waals surface area contributed by atoms with Crippen molar-refractivity contribution in [2.45, 2.75) is 25.3 Å². The molecule has 1 aliphatic carbocycles. The molecule has 0 atom stereocenters. The topological polar surface area (TPSA) is 48.7 Å². The zero-order valence-electron chi connectivity index (χ0n) is 17.1. The zero-order chi connectivity index (χ0) is 20.2. The maximum atomic E-state index is 6.29. The van der Waals surface area contributed by atoms with E-state index in [-0.39, 0.29) is 0 Å². The van der Waals surface area contributed by atoms with Crippen molar-refractivity contribution in [1.82, 2.24) is 19.3 Å². The van der Waals surface area contributed by atoms with Gasteiger partial charge in [0.25, 0.3) is 0 Å². The first-order valence-electron chi connectivity index (χ1n) is 10.8. The van der Waals surface area contributed by atoms with Crippen molar-refractivity contribution in [3.05, 3.63) is 41.4 Å². The molecule has 1 N–H and O–H groups in total. The fraction of sp³-hybridized carbons (Fsp3) is 0.391. The molecule has 0 unspecified atom stereocenters. The Hall–Kier alpha value is -2.57. The summed E-state index contributed by atoms with van der Waals surface area (Å²) >= 11 is 6.29. The van der Waals surface area contributed by atoms with Crippen molar-refractivity contribution >= 4 is 50.8 Å². The number of hydrogen-bond donors (Lipinski definition) is 1. The number of halogens is 1. The third-order valence-corrected chi connectivity index (χ3v) is 6.49. The van der Waals surface area contributed by atoms with Crippen LogP contribution in [-0.2, 0) is 0 Å². The predicted octanol–water partition coefficient (Wildman–Crippen LogP) is 4.41. The lowest BCUT2D eigenvalue weighted by Gasteiger charge is -2.22. The van der Waals surface area contributed by atoms with E-state index >= 15 is 0 Å². The van der Waals surface area contributed by atoms with Crippen molar-refractivity contribution in [3.8, 4) is 0 Å². The summed E-state index contributed by atoms with van der Waals surface area (Å²) in [6.07, 6.45) is 3.57. The highest BCUT2D eigenvalue weighted by atomic mass is 35.5. The van der Waals surface area contributed by atoms with E-state index in [0.29, 0.717) is 6.04 Å².